The van der Waals surface area contributed by atoms with Gasteiger partial charge >= 0.3 is 0 Å². The number of piperazine rings is 1. The van der Waals surface area contributed by atoms with E-state index < -0.39 is 21.6 Å². The molecule has 8 nitrogen and oxygen atoms in total. The van der Waals surface area contributed by atoms with Crippen molar-refractivity contribution >= 4 is 26.7 Å². The number of sulfonamides is 1. The van der Waals surface area contributed by atoms with Gasteiger partial charge in [0.25, 0.3) is 0 Å². The number of phenolic OH excluding ortho intramolecular Hbond substituents is 1. The first-order valence-electron chi connectivity index (χ1n) is 8.78. The molecule has 28 heavy (non-hydrogen) atoms. The largest absolute Gasteiger partial charge is 0.505 e. The van der Waals surface area contributed by atoms with Gasteiger partial charge in [0.15, 0.2) is 11.6 Å². The SMILES string of the molecule is Cc1ccc(-n2ncc3cc(N4CCN(S(C)(=O)=O)CC4)ncc32)c(F)c1O. The summed E-state index contributed by atoms with van der Waals surface area (Å²) in [6.45, 7) is 3.53. The molecule has 1 aliphatic heterocycles. The van der Waals surface area contributed by atoms with Crippen LogP contribution in [0.15, 0.2) is 30.6 Å². The van der Waals surface area contributed by atoms with E-state index in [0.717, 1.165) is 5.39 Å². The lowest BCUT2D eigenvalue weighted by molar-refractivity contribution is 0.387. The van der Waals surface area contributed by atoms with Gasteiger partial charge < -0.3 is 10.0 Å². The summed E-state index contributed by atoms with van der Waals surface area (Å²) in [7, 11) is -3.19. The smallest absolute Gasteiger partial charge is 0.211 e. The molecule has 4 rings (SSSR count). The fraction of sp³-hybridized carbons (Fsp3) is 0.333. The topological polar surface area (TPSA) is 91.6 Å². The molecule has 0 bridgehead atoms. The molecule has 3 heterocycles. The van der Waals surface area contributed by atoms with Crippen molar-refractivity contribution in [3.05, 3.63) is 42.0 Å². The van der Waals surface area contributed by atoms with Crippen LogP contribution in [0.4, 0.5) is 10.2 Å². The highest BCUT2D eigenvalue weighted by atomic mass is 32.2. The van der Waals surface area contributed by atoms with E-state index in [1.54, 1.807) is 31.5 Å². The van der Waals surface area contributed by atoms with Gasteiger partial charge in [0.1, 0.15) is 11.5 Å². The molecule has 148 valence electrons. The third kappa shape index (κ3) is 3.18. The lowest BCUT2D eigenvalue weighted by Crippen LogP contribution is -2.48. The third-order valence-corrected chi connectivity index (χ3v) is 6.30. The van der Waals surface area contributed by atoms with Crippen LogP contribution < -0.4 is 4.90 Å². The van der Waals surface area contributed by atoms with Gasteiger partial charge in [0, 0.05) is 31.6 Å². The van der Waals surface area contributed by atoms with Crippen molar-refractivity contribution in [1.29, 1.82) is 0 Å². The normalized spacial score (nSPS) is 16.0. The van der Waals surface area contributed by atoms with E-state index in [2.05, 4.69) is 10.1 Å². The van der Waals surface area contributed by atoms with E-state index >= 15 is 0 Å². The molecule has 1 fully saturated rings. The van der Waals surface area contributed by atoms with Crippen molar-refractivity contribution < 1.29 is 17.9 Å². The number of hydrogen-bond acceptors (Lipinski definition) is 6. The molecule has 10 heteroatoms. The summed E-state index contributed by atoms with van der Waals surface area (Å²) >= 11 is 0. The molecular weight excluding hydrogens is 385 g/mol. The van der Waals surface area contributed by atoms with Gasteiger partial charge in [-0.3, -0.25) is 0 Å². The molecule has 1 N–H and O–H groups in total. The first-order chi connectivity index (χ1) is 13.3. The number of benzene rings is 1. The predicted octanol–water partition coefficient (Wildman–Crippen LogP) is 1.66. The zero-order valence-corrected chi connectivity index (χ0v) is 16.3. The van der Waals surface area contributed by atoms with Gasteiger partial charge in [-0.15, -0.1) is 0 Å². The first-order valence-corrected chi connectivity index (χ1v) is 10.6. The number of aromatic nitrogens is 3. The maximum absolute atomic E-state index is 14.5. The minimum Gasteiger partial charge on any atom is -0.505 e. The Morgan fingerprint density at radius 2 is 1.86 bits per heavy atom. The van der Waals surface area contributed by atoms with E-state index in [1.165, 1.54) is 15.2 Å². The van der Waals surface area contributed by atoms with Gasteiger partial charge in [-0.25, -0.2) is 22.5 Å². The van der Waals surface area contributed by atoms with Crippen LogP contribution in [0, 0.1) is 12.7 Å². The van der Waals surface area contributed by atoms with E-state index in [9.17, 15) is 17.9 Å². The summed E-state index contributed by atoms with van der Waals surface area (Å²) in [5, 5.41) is 14.9. The summed E-state index contributed by atoms with van der Waals surface area (Å²) in [5.74, 6) is -0.409. The quantitative estimate of drug-likeness (QED) is 0.713. The van der Waals surface area contributed by atoms with Crippen molar-refractivity contribution in [1.82, 2.24) is 19.1 Å². The Balaban J connectivity index is 1.64. The van der Waals surface area contributed by atoms with Gasteiger partial charge in [-0.2, -0.15) is 9.40 Å². The molecule has 3 aromatic rings. The lowest BCUT2D eigenvalue weighted by Gasteiger charge is -2.33. The van der Waals surface area contributed by atoms with Crippen molar-refractivity contribution in [2.24, 2.45) is 0 Å². The van der Waals surface area contributed by atoms with Crippen molar-refractivity contribution in [2.45, 2.75) is 6.92 Å². The molecular formula is C18H20FN5O3S. The van der Waals surface area contributed by atoms with Crippen LogP contribution in [-0.4, -0.2) is 65.0 Å². The number of rotatable bonds is 3. The second-order valence-electron chi connectivity index (χ2n) is 6.87. The maximum atomic E-state index is 14.5. The van der Waals surface area contributed by atoms with Crippen LogP contribution in [0.2, 0.25) is 0 Å². The van der Waals surface area contributed by atoms with Crippen molar-refractivity contribution in [2.75, 3.05) is 37.3 Å². The highest BCUT2D eigenvalue weighted by molar-refractivity contribution is 7.88. The Kier molecular flexibility index (Phi) is 4.47. The second kappa shape index (κ2) is 6.71. The molecule has 0 amide bonds. The Morgan fingerprint density at radius 3 is 2.54 bits per heavy atom. The number of hydrogen-bond donors (Lipinski definition) is 1. The van der Waals surface area contributed by atoms with Gasteiger partial charge in [0.05, 0.1) is 24.2 Å². The summed E-state index contributed by atoms with van der Waals surface area (Å²) in [6.07, 6.45) is 4.43. The highest BCUT2D eigenvalue weighted by Gasteiger charge is 2.24. The Labute approximate surface area is 161 Å². The zero-order chi connectivity index (χ0) is 20.1. The number of pyridine rings is 1. The average molecular weight is 405 g/mol. The number of nitrogens with zero attached hydrogens (tertiary/aromatic N) is 5. The monoisotopic (exact) mass is 405 g/mol. The molecule has 0 atom stereocenters. The Hall–Kier alpha value is -2.72. The highest BCUT2D eigenvalue weighted by Crippen LogP contribution is 2.29. The van der Waals surface area contributed by atoms with Crippen LogP contribution >= 0.6 is 0 Å². The van der Waals surface area contributed by atoms with Crippen molar-refractivity contribution in [3.63, 3.8) is 0 Å². The molecule has 1 aromatic carbocycles. The first kappa shape index (κ1) is 18.6. The minimum atomic E-state index is -3.19. The average Bonchev–Trinajstić information content (AvgIpc) is 3.09. The number of aryl methyl sites for hydroxylation is 1. The third-order valence-electron chi connectivity index (χ3n) is 5.00. The van der Waals surface area contributed by atoms with Crippen LogP contribution in [0.25, 0.3) is 16.6 Å². The molecule has 0 saturated carbocycles. The number of phenols is 1. The number of anilines is 1. The Morgan fingerprint density at radius 1 is 1.14 bits per heavy atom. The van der Waals surface area contributed by atoms with Crippen LogP contribution in [0.5, 0.6) is 5.75 Å². The summed E-state index contributed by atoms with van der Waals surface area (Å²) in [5.41, 5.74) is 1.21. The van der Waals surface area contributed by atoms with Crippen molar-refractivity contribution in [3.8, 4) is 11.4 Å². The van der Waals surface area contributed by atoms with E-state index in [-0.39, 0.29) is 5.69 Å². The molecule has 1 saturated heterocycles. The molecule has 0 radical (unpaired) electrons. The van der Waals surface area contributed by atoms with Gasteiger partial charge in [0.2, 0.25) is 10.0 Å². The number of aromatic hydroxyl groups is 1. The van der Waals surface area contributed by atoms with Crippen LogP contribution in [0.3, 0.4) is 0 Å². The summed E-state index contributed by atoms with van der Waals surface area (Å²) < 4.78 is 40.6. The summed E-state index contributed by atoms with van der Waals surface area (Å²) in [6, 6.07) is 5.04. The fourth-order valence-corrected chi connectivity index (χ4v) is 4.17. The van der Waals surface area contributed by atoms with E-state index in [0.29, 0.717) is 43.1 Å². The minimum absolute atomic E-state index is 0.148. The zero-order valence-electron chi connectivity index (χ0n) is 15.5. The summed E-state index contributed by atoms with van der Waals surface area (Å²) in [4.78, 5) is 6.47. The molecule has 0 spiro atoms. The van der Waals surface area contributed by atoms with E-state index in [4.69, 9.17) is 0 Å². The molecule has 1 aliphatic rings. The van der Waals surface area contributed by atoms with E-state index in [1.807, 2.05) is 11.0 Å². The number of fused-ring (bicyclic) bond motifs is 1. The predicted molar refractivity (Wildman–Crippen MR) is 104 cm³/mol. The molecule has 0 aliphatic carbocycles. The fourth-order valence-electron chi connectivity index (χ4n) is 3.34. The number of halogens is 1. The van der Waals surface area contributed by atoms with Gasteiger partial charge in [-0.05, 0) is 24.6 Å². The maximum Gasteiger partial charge on any atom is 0.211 e. The standard InChI is InChI=1S/C18H20FN5O3S/c1-12-3-4-14(17(19)18(12)25)24-15-11-20-16(9-13(15)10-21-24)22-5-7-23(8-6-22)28(2,26)27/h3-4,9-11,25H,5-8H2,1-2H3. The molecule has 2 aromatic heterocycles. The van der Waals surface area contributed by atoms with Crippen LogP contribution in [0.1, 0.15) is 5.56 Å². The second-order valence-corrected chi connectivity index (χ2v) is 8.85. The van der Waals surface area contributed by atoms with Gasteiger partial charge in [-0.1, -0.05) is 6.07 Å². The lowest BCUT2D eigenvalue weighted by atomic mass is 10.2. The molecule has 0 unspecified atom stereocenters. The van der Waals surface area contributed by atoms with Crippen LogP contribution in [-0.2, 0) is 10.0 Å². The Bertz CT molecular complexity index is 1150.